The van der Waals surface area contributed by atoms with E-state index in [1.165, 1.54) is 4.57 Å². The lowest BCUT2D eigenvalue weighted by molar-refractivity contribution is 0.436. The van der Waals surface area contributed by atoms with Gasteiger partial charge in [0.25, 0.3) is 5.56 Å². The number of aromatic nitrogens is 1. The molecule has 0 saturated heterocycles. The smallest absolute Gasteiger partial charge is 0.265 e. The summed E-state index contributed by atoms with van der Waals surface area (Å²) in [6, 6.07) is 20.9. The molecule has 1 N–H and O–H groups in total. The van der Waals surface area contributed by atoms with Crippen molar-refractivity contribution >= 4 is 22.7 Å². The van der Waals surface area contributed by atoms with Crippen molar-refractivity contribution in [3.63, 3.8) is 0 Å². The Balaban J connectivity index is 2.00. The molecule has 0 saturated carbocycles. The fourth-order valence-electron chi connectivity index (χ4n) is 3.62. The summed E-state index contributed by atoms with van der Waals surface area (Å²) >= 11 is 0. The van der Waals surface area contributed by atoms with E-state index in [-0.39, 0.29) is 11.4 Å². The van der Waals surface area contributed by atoms with Gasteiger partial charge in [0.2, 0.25) is 5.88 Å². The molecule has 144 valence electrons. The van der Waals surface area contributed by atoms with Crippen LogP contribution < -0.4 is 5.56 Å². The number of nitrogens with zero attached hydrogens (tertiary/aromatic N) is 2. The summed E-state index contributed by atoms with van der Waals surface area (Å²) < 4.78 is 1.37. The van der Waals surface area contributed by atoms with Gasteiger partial charge in [-0.2, -0.15) is 0 Å². The van der Waals surface area contributed by atoms with Crippen molar-refractivity contribution < 1.29 is 5.11 Å². The summed E-state index contributed by atoms with van der Waals surface area (Å²) in [6.07, 6.45) is 1.63. The number of rotatable bonds is 3. The van der Waals surface area contributed by atoms with Gasteiger partial charge in [-0.3, -0.25) is 9.79 Å². The Morgan fingerprint density at radius 3 is 2.31 bits per heavy atom. The molecule has 0 aliphatic carbocycles. The number of benzene rings is 3. The van der Waals surface area contributed by atoms with E-state index in [0.717, 1.165) is 22.4 Å². The molecule has 29 heavy (non-hydrogen) atoms. The zero-order chi connectivity index (χ0) is 20.5. The van der Waals surface area contributed by atoms with Gasteiger partial charge < -0.3 is 5.11 Å². The van der Waals surface area contributed by atoms with Gasteiger partial charge in [0.15, 0.2) is 0 Å². The minimum atomic E-state index is -0.252. The first-order valence-electron chi connectivity index (χ1n) is 9.51. The molecule has 0 spiro atoms. The Kier molecular flexibility index (Phi) is 4.77. The minimum absolute atomic E-state index is 0.114. The maximum atomic E-state index is 13.2. The van der Waals surface area contributed by atoms with Crippen molar-refractivity contribution in [2.24, 2.45) is 4.99 Å². The summed E-state index contributed by atoms with van der Waals surface area (Å²) in [5.41, 5.74) is 4.83. The van der Waals surface area contributed by atoms with E-state index in [2.05, 4.69) is 4.99 Å². The van der Waals surface area contributed by atoms with Crippen LogP contribution in [0.15, 0.2) is 76.5 Å². The van der Waals surface area contributed by atoms with Gasteiger partial charge in [-0.1, -0.05) is 48.0 Å². The van der Waals surface area contributed by atoms with Crippen LogP contribution in [0.1, 0.15) is 22.3 Å². The maximum Gasteiger partial charge on any atom is 0.265 e. The van der Waals surface area contributed by atoms with Crippen LogP contribution in [0.5, 0.6) is 5.88 Å². The van der Waals surface area contributed by atoms with E-state index in [9.17, 15) is 9.90 Å². The van der Waals surface area contributed by atoms with Gasteiger partial charge in [-0.25, -0.2) is 4.57 Å². The monoisotopic (exact) mass is 382 g/mol. The third-order valence-corrected chi connectivity index (χ3v) is 5.04. The molecule has 0 aliphatic heterocycles. The van der Waals surface area contributed by atoms with Gasteiger partial charge >= 0.3 is 0 Å². The molecule has 4 nitrogen and oxygen atoms in total. The number of pyridine rings is 1. The fourth-order valence-corrected chi connectivity index (χ4v) is 3.62. The molecule has 1 heterocycles. The van der Waals surface area contributed by atoms with Crippen LogP contribution in [0.4, 0.5) is 5.69 Å². The fraction of sp³-hybridized carbons (Fsp3) is 0.120. The first-order valence-corrected chi connectivity index (χ1v) is 9.51. The minimum Gasteiger partial charge on any atom is -0.494 e. The van der Waals surface area contributed by atoms with Crippen molar-refractivity contribution in [2.45, 2.75) is 20.8 Å². The standard InChI is InChI=1S/C25H22N2O2/c1-16-7-6-8-19(14-16)26-15-22-20-9-4-5-10-21(20)24(28)27(25(22)29)23-12-11-17(2)13-18(23)3/h4-15,29H,1-3H3. The van der Waals surface area contributed by atoms with Crippen LogP contribution in [-0.4, -0.2) is 15.9 Å². The summed E-state index contributed by atoms with van der Waals surface area (Å²) in [5.74, 6) is -0.114. The second-order valence-electron chi connectivity index (χ2n) is 7.31. The molecular formula is C25H22N2O2. The van der Waals surface area contributed by atoms with Crippen LogP contribution in [0, 0.1) is 20.8 Å². The number of fused-ring (bicyclic) bond motifs is 1. The molecule has 4 aromatic rings. The van der Waals surface area contributed by atoms with Crippen LogP contribution in [0.25, 0.3) is 16.5 Å². The molecule has 3 aromatic carbocycles. The highest BCUT2D eigenvalue weighted by Gasteiger charge is 2.17. The first kappa shape index (κ1) is 18.7. The van der Waals surface area contributed by atoms with E-state index in [1.807, 2.05) is 81.4 Å². The first-order chi connectivity index (χ1) is 14.0. The predicted molar refractivity (Wildman–Crippen MR) is 119 cm³/mol. The zero-order valence-electron chi connectivity index (χ0n) is 16.7. The van der Waals surface area contributed by atoms with Gasteiger partial charge in [0, 0.05) is 17.0 Å². The molecule has 0 bridgehead atoms. The van der Waals surface area contributed by atoms with Crippen molar-refractivity contribution in [1.29, 1.82) is 0 Å². The SMILES string of the molecule is Cc1cccc(N=Cc2c(O)n(-c3ccc(C)cc3C)c(=O)c3ccccc23)c1. The lowest BCUT2D eigenvalue weighted by Gasteiger charge is -2.16. The number of aromatic hydroxyl groups is 1. The highest BCUT2D eigenvalue weighted by molar-refractivity contribution is 6.02. The molecule has 0 atom stereocenters. The normalized spacial score (nSPS) is 11.4. The number of hydrogen-bond donors (Lipinski definition) is 1. The molecule has 4 rings (SSSR count). The average molecular weight is 382 g/mol. The van der Waals surface area contributed by atoms with Gasteiger partial charge in [0.05, 0.1) is 16.9 Å². The van der Waals surface area contributed by atoms with Crippen LogP contribution in [0.2, 0.25) is 0 Å². The average Bonchev–Trinajstić information content (AvgIpc) is 2.69. The lowest BCUT2D eigenvalue weighted by atomic mass is 10.1. The molecule has 1 aromatic heterocycles. The number of aliphatic imine (C=N–C) groups is 1. The molecule has 4 heteroatoms. The van der Waals surface area contributed by atoms with E-state index in [1.54, 1.807) is 12.3 Å². The highest BCUT2D eigenvalue weighted by atomic mass is 16.3. The Morgan fingerprint density at radius 2 is 1.59 bits per heavy atom. The predicted octanol–water partition coefficient (Wildman–Crippen LogP) is 5.37. The third-order valence-electron chi connectivity index (χ3n) is 5.04. The molecule has 0 radical (unpaired) electrons. The van der Waals surface area contributed by atoms with Crippen molar-refractivity contribution in [3.8, 4) is 11.6 Å². The second kappa shape index (κ2) is 7.40. The van der Waals surface area contributed by atoms with Crippen molar-refractivity contribution in [2.75, 3.05) is 0 Å². The second-order valence-corrected chi connectivity index (χ2v) is 7.31. The van der Waals surface area contributed by atoms with Gasteiger partial charge in [-0.05, 0) is 56.2 Å². The summed E-state index contributed by atoms with van der Waals surface area (Å²) in [7, 11) is 0. The Labute approximate surface area is 169 Å². The van der Waals surface area contributed by atoms with Crippen molar-refractivity contribution in [1.82, 2.24) is 4.57 Å². The molecule has 0 fully saturated rings. The Morgan fingerprint density at radius 1 is 0.862 bits per heavy atom. The largest absolute Gasteiger partial charge is 0.494 e. The van der Waals surface area contributed by atoms with Crippen molar-refractivity contribution in [3.05, 3.63) is 99.3 Å². The quantitative estimate of drug-likeness (QED) is 0.484. The van der Waals surface area contributed by atoms with E-state index in [4.69, 9.17) is 0 Å². The number of aryl methyl sites for hydroxylation is 3. The van der Waals surface area contributed by atoms with E-state index >= 15 is 0 Å². The van der Waals surface area contributed by atoms with Crippen LogP contribution >= 0.6 is 0 Å². The molecule has 0 unspecified atom stereocenters. The van der Waals surface area contributed by atoms with Gasteiger partial charge in [-0.15, -0.1) is 0 Å². The Bertz CT molecular complexity index is 1320. The maximum absolute atomic E-state index is 13.2. The molecular weight excluding hydrogens is 360 g/mol. The summed E-state index contributed by atoms with van der Waals surface area (Å²) in [5, 5.41) is 12.3. The topological polar surface area (TPSA) is 54.6 Å². The van der Waals surface area contributed by atoms with E-state index < -0.39 is 0 Å². The van der Waals surface area contributed by atoms with Gasteiger partial charge in [0.1, 0.15) is 0 Å². The third kappa shape index (κ3) is 3.45. The Hall–Kier alpha value is -3.66. The van der Waals surface area contributed by atoms with E-state index in [0.29, 0.717) is 22.0 Å². The molecule has 0 amide bonds. The summed E-state index contributed by atoms with van der Waals surface area (Å²) in [6.45, 7) is 5.94. The summed E-state index contributed by atoms with van der Waals surface area (Å²) in [4.78, 5) is 17.8. The van der Waals surface area contributed by atoms with Crippen LogP contribution in [-0.2, 0) is 0 Å². The molecule has 0 aliphatic rings. The number of hydrogen-bond acceptors (Lipinski definition) is 3. The van der Waals surface area contributed by atoms with Crippen LogP contribution in [0.3, 0.4) is 0 Å². The lowest BCUT2D eigenvalue weighted by Crippen LogP contribution is -2.21. The zero-order valence-corrected chi connectivity index (χ0v) is 16.7. The highest BCUT2D eigenvalue weighted by Crippen LogP contribution is 2.28.